The van der Waals surface area contributed by atoms with Gasteiger partial charge in [-0.3, -0.25) is 14.6 Å². The fourth-order valence-electron chi connectivity index (χ4n) is 4.25. The third-order valence-electron chi connectivity index (χ3n) is 5.60. The highest BCUT2D eigenvalue weighted by Crippen LogP contribution is 2.49. The summed E-state index contributed by atoms with van der Waals surface area (Å²) in [6.07, 6.45) is 0. The molecule has 0 fully saturated rings. The van der Waals surface area contributed by atoms with Gasteiger partial charge in [-0.05, 0) is 24.6 Å². The Hall–Kier alpha value is -3.92. The molecule has 0 radical (unpaired) electrons. The number of methoxy groups -OCH3 is 2. The first-order chi connectivity index (χ1) is 15.0. The number of nitrogens with zero attached hydrogens (tertiary/aromatic N) is 2. The molecule has 2 aromatic carbocycles. The minimum atomic E-state index is -0.752. The van der Waals surface area contributed by atoms with Crippen LogP contribution in [0.5, 0.6) is 11.5 Å². The number of ketones is 1. The lowest BCUT2D eigenvalue weighted by Crippen LogP contribution is -2.34. The first-order valence-corrected chi connectivity index (χ1v) is 9.70. The number of fused-ring (bicyclic) bond motifs is 2. The molecular weight excluding hydrogens is 396 g/mol. The van der Waals surface area contributed by atoms with Gasteiger partial charge in [-0.25, -0.2) is 0 Å². The van der Waals surface area contributed by atoms with Gasteiger partial charge >= 0.3 is 5.97 Å². The molecule has 1 heterocycles. The number of carbonyl (C=O) groups excluding carboxylic acids is 2. The van der Waals surface area contributed by atoms with E-state index in [2.05, 4.69) is 4.99 Å². The maximum absolute atomic E-state index is 13.4. The molecule has 1 aliphatic carbocycles. The Kier molecular flexibility index (Phi) is 5.30. The van der Waals surface area contributed by atoms with Gasteiger partial charge in [0.05, 0.1) is 19.9 Å². The first-order valence-electron chi connectivity index (χ1n) is 9.70. The Morgan fingerprint density at radius 2 is 1.87 bits per heavy atom. The molecule has 7 heteroatoms. The Morgan fingerprint density at radius 3 is 2.55 bits per heavy atom. The maximum atomic E-state index is 13.4. The van der Waals surface area contributed by atoms with Crippen molar-refractivity contribution in [1.29, 1.82) is 5.26 Å². The first kappa shape index (κ1) is 20.4. The molecule has 4 rings (SSSR count). The second-order valence-corrected chi connectivity index (χ2v) is 7.23. The minimum Gasteiger partial charge on any atom is -0.493 e. The van der Waals surface area contributed by atoms with Gasteiger partial charge in [-0.2, -0.15) is 5.26 Å². The lowest BCUT2D eigenvalue weighted by atomic mass is 9.75. The summed E-state index contributed by atoms with van der Waals surface area (Å²) in [4.78, 5) is 30.8. The van der Waals surface area contributed by atoms with Crippen molar-refractivity contribution >= 4 is 23.2 Å². The average molecular weight is 416 g/mol. The summed E-state index contributed by atoms with van der Waals surface area (Å²) in [7, 11) is 2.81. The van der Waals surface area contributed by atoms with Crippen molar-refractivity contribution in [2.45, 2.75) is 12.8 Å². The molecule has 2 atom stereocenters. The van der Waals surface area contributed by atoms with Crippen molar-refractivity contribution in [3.63, 3.8) is 0 Å². The van der Waals surface area contributed by atoms with E-state index in [0.29, 0.717) is 39.6 Å². The summed E-state index contributed by atoms with van der Waals surface area (Å²) < 4.78 is 15.9. The number of ether oxygens (including phenoxy) is 3. The number of benzene rings is 2. The van der Waals surface area contributed by atoms with Crippen molar-refractivity contribution < 1.29 is 23.8 Å². The number of nitriles is 1. The number of rotatable bonds is 5. The molecule has 0 N–H and O–H groups in total. The van der Waals surface area contributed by atoms with Gasteiger partial charge in [0.25, 0.3) is 0 Å². The van der Waals surface area contributed by atoms with E-state index in [1.165, 1.54) is 14.2 Å². The predicted octanol–water partition coefficient (Wildman–Crippen LogP) is 3.55. The third kappa shape index (κ3) is 3.26. The highest BCUT2D eigenvalue weighted by Gasteiger charge is 2.46. The summed E-state index contributed by atoms with van der Waals surface area (Å²) in [6.45, 7) is 1.64. The molecule has 2 aliphatic rings. The second-order valence-electron chi connectivity index (χ2n) is 7.23. The van der Waals surface area contributed by atoms with Gasteiger partial charge in [0.1, 0.15) is 12.0 Å². The molecular formula is C24H20N2O5. The van der Waals surface area contributed by atoms with Crippen LogP contribution in [0.2, 0.25) is 0 Å². The van der Waals surface area contributed by atoms with E-state index in [4.69, 9.17) is 19.5 Å². The van der Waals surface area contributed by atoms with Crippen LogP contribution in [0.3, 0.4) is 0 Å². The molecule has 1 unspecified atom stereocenters. The molecule has 31 heavy (non-hydrogen) atoms. The zero-order valence-corrected chi connectivity index (χ0v) is 17.3. The van der Waals surface area contributed by atoms with Gasteiger partial charge < -0.3 is 14.2 Å². The van der Waals surface area contributed by atoms with Gasteiger partial charge in [0.2, 0.25) is 0 Å². The van der Waals surface area contributed by atoms with E-state index in [1.54, 1.807) is 31.2 Å². The number of hydrogen-bond donors (Lipinski definition) is 0. The van der Waals surface area contributed by atoms with Gasteiger partial charge in [-0.1, -0.05) is 30.3 Å². The molecule has 1 aliphatic heterocycles. The van der Waals surface area contributed by atoms with Crippen LogP contribution in [0.15, 0.2) is 53.0 Å². The number of aliphatic imine (C=N–C) groups is 1. The molecule has 2 aromatic rings. The van der Waals surface area contributed by atoms with Crippen molar-refractivity contribution in [3.05, 3.63) is 64.7 Å². The van der Waals surface area contributed by atoms with Gasteiger partial charge in [-0.15, -0.1) is 0 Å². The highest BCUT2D eigenvalue weighted by atomic mass is 16.5. The van der Waals surface area contributed by atoms with Crippen molar-refractivity contribution in [2.75, 3.05) is 20.8 Å². The molecule has 156 valence electrons. The molecule has 7 nitrogen and oxygen atoms in total. The number of carbonyl (C=O) groups is 2. The van der Waals surface area contributed by atoms with E-state index in [9.17, 15) is 9.59 Å². The van der Waals surface area contributed by atoms with Gasteiger partial charge in [0, 0.05) is 28.3 Å². The monoisotopic (exact) mass is 416 g/mol. The normalized spacial score (nSPS) is 19.2. The van der Waals surface area contributed by atoms with Crippen LogP contribution in [0.4, 0.5) is 0 Å². The highest BCUT2D eigenvalue weighted by molar-refractivity contribution is 6.24. The standard InChI is InChI=1S/C24H20N2O5/c1-13-19(24(28)30-3)20(14-8-9-17(31-11-10-25)18(12-14)29-2)21-22(26-13)15-6-4-5-7-16(15)23(21)27/h4-9,12,19-20H,11H2,1-3H3/t19?,20-/m1/s1. The largest absolute Gasteiger partial charge is 0.493 e. The quantitative estimate of drug-likeness (QED) is 0.692. The molecule has 0 spiro atoms. The SMILES string of the molecule is COC(=O)C1C(C)=NC2=C(C(=O)c3ccccc32)[C@@H]1c1ccc(OCC#N)c(OC)c1. The van der Waals surface area contributed by atoms with E-state index in [-0.39, 0.29) is 12.4 Å². The van der Waals surface area contributed by atoms with Crippen LogP contribution in [-0.4, -0.2) is 38.3 Å². The van der Waals surface area contributed by atoms with Crippen molar-refractivity contribution in [3.8, 4) is 17.6 Å². The van der Waals surface area contributed by atoms with Crippen LogP contribution < -0.4 is 9.47 Å². The lowest BCUT2D eigenvalue weighted by Gasteiger charge is -2.30. The van der Waals surface area contributed by atoms with Crippen LogP contribution in [0, 0.1) is 17.2 Å². The number of Topliss-reactive ketones (excluding diaryl/α,β-unsaturated/α-hetero) is 1. The van der Waals surface area contributed by atoms with E-state index in [1.807, 2.05) is 24.3 Å². The van der Waals surface area contributed by atoms with Gasteiger partial charge in [0.15, 0.2) is 23.9 Å². The third-order valence-corrected chi connectivity index (χ3v) is 5.60. The Bertz CT molecular complexity index is 1190. The Labute approximate surface area is 179 Å². The fraction of sp³-hybridized carbons (Fsp3) is 0.250. The zero-order chi connectivity index (χ0) is 22.1. The van der Waals surface area contributed by atoms with E-state index < -0.39 is 17.8 Å². The topological polar surface area (TPSA) is 98.0 Å². The summed E-state index contributed by atoms with van der Waals surface area (Å²) >= 11 is 0. The predicted molar refractivity (Wildman–Crippen MR) is 113 cm³/mol. The summed E-state index contributed by atoms with van der Waals surface area (Å²) in [5, 5.41) is 8.80. The van der Waals surface area contributed by atoms with Crippen LogP contribution in [-0.2, 0) is 9.53 Å². The van der Waals surface area contributed by atoms with Crippen molar-refractivity contribution in [1.82, 2.24) is 0 Å². The molecule has 0 bridgehead atoms. The van der Waals surface area contributed by atoms with E-state index in [0.717, 1.165) is 5.56 Å². The molecule has 0 saturated heterocycles. The summed E-state index contributed by atoms with van der Waals surface area (Å²) in [5.74, 6) is -1.16. The fourth-order valence-corrected chi connectivity index (χ4v) is 4.25. The lowest BCUT2D eigenvalue weighted by molar-refractivity contribution is -0.143. The molecule has 0 saturated carbocycles. The number of allylic oxidation sites excluding steroid dienone is 1. The minimum absolute atomic E-state index is 0.126. The second kappa shape index (κ2) is 8.07. The number of esters is 1. The van der Waals surface area contributed by atoms with Crippen LogP contribution in [0.1, 0.15) is 34.3 Å². The Balaban J connectivity index is 1.89. The van der Waals surface area contributed by atoms with Crippen LogP contribution >= 0.6 is 0 Å². The molecule has 0 aromatic heterocycles. The summed E-state index contributed by atoms with van der Waals surface area (Å²) in [5.41, 5.74) is 3.65. The van der Waals surface area contributed by atoms with E-state index >= 15 is 0 Å². The smallest absolute Gasteiger partial charge is 0.315 e. The number of hydrogen-bond acceptors (Lipinski definition) is 7. The summed E-state index contributed by atoms with van der Waals surface area (Å²) in [6, 6.07) is 14.4. The molecule has 0 amide bonds. The zero-order valence-electron chi connectivity index (χ0n) is 17.3. The Morgan fingerprint density at radius 1 is 1.13 bits per heavy atom. The van der Waals surface area contributed by atoms with Crippen molar-refractivity contribution in [2.24, 2.45) is 10.9 Å². The maximum Gasteiger partial charge on any atom is 0.315 e. The average Bonchev–Trinajstić information content (AvgIpc) is 3.08. The van der Waals surface area contributed by atoms with Crippen LogP contribution in [0.25, 0.3) is 5.70 Å².